The summed E-state index contributed by atoms with van der Waals surface area (Å²) in [5.41, 5.74) is 1.08. The SMILES string of the molecule is CC(=O)Nc1ccc(CNC(=O)C(C)NC(=O)C(C)(C)C)cc1. The van der Waals surface area contributed by atoms with Crippen LogP contribution in [0.25, 0.3) is 0 Å². The van der Waals surface area contributed by atoms with Crippen molar-refractivity contribution in [1.29, 1.82) is 0 Å². The molecule has 1 atom stereocenters. The van der Waals surface area contributed by atoms with Crippen LogP contribution in [0.1, 0.15) is 40.2 Å². The number of hydrogen-bond donors (Lipinski definition) is 3. The van der Waals surface area contributed by atoms with Gasteiger partial charge in [-0.05, 0) is 24.6 Å². The molecule has 1 aromatic rings. The average molecular weight is 319 g/mol. The van der Waals surface area contributed by atoms with E-state index in [4.69, 9.17) is 0 Å². The van der Waals surface area contributed by atoms with Gasteiger partial charge in [-0.1, -0.05) is 32.9 Å². The number of rotatable bonds is 5. The lowest BCUT2D eigenvalue weighted by molar-refractivity contribution is -0.133. The summed E-state index contributed by atoms with van der Waals surface area (Å²) in [5, 5.41) is 8.14. The highest BCUT2D eigenvalue weighted by molar-refractivity contribution is 5.89. The second-order valence-electron chi connectivity index (χ2n) is 6.54. The summed E-state index contributed by atoms with van der Waals surface area (Å²) in [5.74, 6) is -0.539. The fraction of sp³-hybridized carbons (Fsp3) is 0.471. The molecule has 6 heteroatoms. The molecule has 0 radical (unpaired) electrons. The summed E-state index contributed by atoms with van der Waals surface area (Å²) in [4.78, 5) is 34.8. The Bertz CT molecular complexity index is 574. The molecule has 0 bridgehead atoms. The zero-order valence-corrected chi connectivity index (χ0v) is 14.3. The van der Waals surface area contributed by atoms with Crippen LogP contribution in [0.5, 0.6) is 0 Å². The predicted molar refractivity (Wildman–Crippen MR) is 89.7 cm³/mol. The van der Waals surface area contributed by atoms with E-state index in [0.717, 1.165) is 5.56 Å². The summed E-state index contributed by atoms with van der Waals surface area (Å²) in [6.45, 7) is 8.84. The van der Waals surface area contributed by atoms with Crippen molar-refractivity contribution >= 4 is 23.4 Å². The Morgan fingerprint density at radius 1 is 1.09 bits per heavy atom. The molecule has 1 unspecified atom stereocenters. The number of carbonyl (C=O) groups is 3. The van der Waals surface area contributed by atoms with Gasteiger partial charge in [0.2, 0.25) is 17.7 Å². The van der Waals surface area contributed by atoms with E-state index in [1.807, 2.05) is 12.1 Å². The number of hydrogen-bond acceptors (Lipinski definition) is 3. The fourth-order valence-corrected chi connectivity index (χ4v) is 1.73. The van der Waals surface area contributed by atoms with Gasteiger partial charge in [0.1, 0.15) is 6.04 Å². The van der Waals surface area contributed by atoms with Crippen molar-refractivity contribution in [3.05, 3.63) is 29.8 Å². The molecular weight excluding hydrogens is 294 g/mol. The van der Waals surface area contributed by atoms with Gasteiger partial charge in [0.15, 0.2) is 0 Å². The van der Waals surface area contributed by atoms with E-state index in [1.165, 1.54) is 6.92 Å². The lowest BCUT2D eigenvalue weighted by Crippen LogP contribution is -2.48. The lowest BCUT2D eigenvalue weighted by Gasteiger charge is -2.21. The van der Waals surface area contributed by atoms with Crippen molar-refractivity contribution in [2.45, 2.75) is 47.2 Å². The molecule has 0 fully saturated rings. The maximum absolute atomic E-state index is 12.0. The molecule has 0 saturated heterocycles. The quantitative estimate of drug-likeness (QED) is 0.773. The van der Waals surface area contributed by atoms with Gasteiger partial charge in [-0.3, -0.25) is 14.4 Å². The van der Waals surface area contributed by atoms with Crippen LogP contribution in [0.2, 0.25) is 0 Å². The molecule has 6 nitrogen and oxygen atoms in total. The van der Waals surface area contributed by atoms with E-state index in [0.29, 0.717) is 12.2 Å². The van der Waals surface area contributed by atoms with Gasteiger partial charge >= 0.3 is 0 Å². The predicted octanol–water partition coefficient (Wildman–Crippen LogP) is 1.81. The second kappa shape index (κ2) is 7.76. The van der Waals surface area contributed by atoms with Crippen molar-refractivity contribution in [1.82, 2.24) is 10.6 Å². The summed E-state index contributed by atoms with van der Waals surface area (Å²) < 4.78 is 0. The maximum atomic E-state index is 12.0. The summed E-state index contributed by atoms with van der Waals surface area (Å²) in [6, 6.07) is 6.59. The smallest absolute Gasteiger partial charge is 0.242 e. The molecule has 0 aliphatic rings. The zero-order valence-electron chi connectivity index (χ0n) is 14.3. The second-order valence-corrected chi connectivity index (χ2v) is 6.54. The van der Waals surface area contributed by atoms with Crippen LogP contribution < -0.4 is 16.0 Å². The van der Waals surface area contributed by atoms with Gasteiger partial charge in [-0.25, -0.2) is 0 Å². The zero-order chi connectivity index (χ0) is 17.6. The van der Waals surface area contributed by atoms with Crippen LogP contribution in [0.15, 0.2) is 24.3 Å². The van der Waals surface area contributed by atoms with E-state index >= 15 is 0 Å². The van der Waals surface area contributed by atoms with Crippen molar-refractivity contribution in [3.63, 3.8) is 0 Å². The maximum Gasteiger partial charge on any atom is 0.242 e. The van der Waals surface area contributed by atoms with Crippen molar-refractivity contribution < 1.29 is 14.4 Å². The Labute approximate surface area is 137 Å². The molecule has 1 rings (SSSR count). The van der Waals surface area contributed by atoms with Gasteiger partial charge in [0.25, 0.3) is 0 Å². The van der Waals surface area contributed by atoms with Crippen LogP contribution in [0.4, 0.5) is 5.69 Å². The monoisotopic (exact) mass is 319 g/mol. The van der Waals surface area contributed by atoms with Crippen molar-refractivity contribution in [3.8, 4) is 0 Å². The first-order valence-electron chi connectivity index (χ1n) is 7.55. The molecule has 3 amide bonds. The molecule has 1 aromatic carbocycles. The number of benzene rings is 1. The molecule has 0 aliphatic heterocycles. The van der Waals surface area contributed by atoms with Crippen LogP contribution in [0, 0.1) is 5.41 Å². The Morgan fingerprint density at radius 3 is 2.13 bits per heavy atom. The fourth-order valence-electron chi connectivity index (χ4n) is 1.73. The van der Waals surface area contributed by atoms with Gasteiger partial charge in [-0.15, -0.1) is 0 Å². The normalized spacial score (nSPS) is 12.2. The third kappa shape index (κ3) is 6.50. The number of carbonyl (C=O) groups excluding carboxylic acids is 3. The van der Waals surface area contributed by atoms with E-state index in [1.54, 1.807) is 39.8 Å². The molecular formula is C17H25N3O3. The Balaban J connectivity index is 2.49. The third-order valence-corrected chi connectivity index (χ3v) is 3.16. The molecule has 0 heterocycles. The lowest BCUT2D eigenvalue weighted by atomic mass is 9.95. The van der Waals surface area contributed by atoms with Gasteiger partial charge in [0.05, 0.1) is 0 Å². The first kappa shape index (κ1) is 18.7. The van der Waals surface area contributed by atoms with Crippen molar-refractivity contribution in [2.24, 2.45) is 5.41 Å². The molecule has 3 N–H and O–H groups in total. The number of amides is 3. The molecule has 0 aromatic heterocycles. The largest absolute Gasteiger partial charge is 0.350 e. The third-order valence-electron chi connectivity index (χ3n) is 3.16. The van der Waals surface area contributed by atoms with Gasteiger partial charge in [-0.2, -0.15) is 0 Å². The van der Waals surface area contributed by atoms with E-state index in [9.17, 15) is 14.4 Å². The molecule has 0 saturated carbocycles. The van der Waals surface area contributed by atoms with Crippen LogP contribution >= 0.6 is 0 Å². The number of nitrogens with one attached hydrogen (secondary N) is 3. The highest BCUT2D eigenvalue weighted by atomic mass is 16.2. The van der Waals surface area contributed by atoms with Gasteiger partial charge in [0, 0.05) is 24.6 Å². The minimum atomic E-state index is -0.597. The van der Waals surface area contributed by atoms with Crippen LogP contribution in [0.3, 0.4) is 0 Å². The molecule has 23 heavy (non-hydrogen) atoms. The van der Waals surface area contributed by atoms with Crippen LogP contribution in [-0.4, -0.2) is 23.8 Å². The van der Waals surface area contributed by atoms with E-state index in [2.05, 4.69) is 16.0 Å². The highest BCUT2D eigenvalue weighted by Crippen LogP contribution is 2.13. The highest BCUT2D eigenvalue weighted by Gasteiger charge is 2.24. The Morgan fingerprint density at radius 2 is 1.65 bits per heavy atom. The molecule has 0 spiro atoms. The average Bonchev–Trinajstić information content (AvgIpc) is 2.44. The first-order chi connectivity index (χ1) is 10.6. The Kier molecular flexibility index (Phi) is 6.30. The summed E-state index contributed by atoms with van der Waals surface area (Å²) >= 11 is 0. The molecule has 0 aliphatic carbocycles. The minimum absolute atomic E-state index is 0.130. The number of anilines is 1. The topological polar surface area (TPSA) is 87.3 Å². The van der Waals surface area contributed by atoms with E-state index in [-0.39, 0.29) is 17.7 Å². The first-order valence-corrected chi connectivity index (χ1v) is 7.55. The minimum Gasteiger partial charge on any atom is -0.350 e. The van der Waals surface area contributed by atoms with Crippen LogP contribution in [-0.2, 0) is 20.9 Å². The standard InChI is InChI=1S/C17H25N3O3/c1-11(19-16(23)17(3,4)5)15(22)18-10-13-6-8-14(9-7-13)20-12(2)21/h6-9,11H,10H2,1-5H3,(H,18,22)(H,19,23)(H,20,21). The summed E-state index contributed by atoms with van der Waals surface area (Å²) in [6.07, 6.45) is 0. The van der Waals surface area contributed by atoms with E-state index < -0.39 is 11.5 Å². The Hall–Kier alpha value is -2.37. The van der Waals surface area contributed by atoms with Crippen molar-refractivity contribution in [2.75, 3.05) is 5.32 Å². The molecule has 126 valence electrons. The summed E-state index contributed by atoms with van der Waals surface area (Å²) in [7, 11) is 0. The van der Waals surface area contributed by atoms with Gasteiger partial charge < -0.3 is 16.0 Å².